The van der Waals surface area contributed by atoms with E-state index in [1.165, 1.54) is 41.0 Å². The molecule has 0 aromatic carbocycles. The topological polar surface area (TPSA) is 0 Å². The van der Waals surface area contributed by atoms with E-state index in [0.29, 0.717) is 10.5 Å². The number of halogens is 2. The Hall–Kier alpha value is 0.190. The van der Waals surface area contributed by atoms with Crippen LogP contribution in [0.25, 0.3) is 12.2 Å². The zero-order chi connectivity index (χ0) is 18.3. The summed E-state index contributed by atoms with van der Waals surface area (Å²) in [6.45, 7) is 9.12. The van der Waals surface area contributed by atoms with Crippen molar-refractivity contribution in [3.63, 3.8) is 0 Å². The second kappa shape index (κ2) is 6.10. The summed E-state index contributed by atoms with van der Waals surface area (Å²) in [6.07, 6.45) is 9.94. The number of fused-ring (bicyclic) bond motifs is 2. The lowest BCUT2D eigenvalue weighted by atomic mass is 10.2. The summed E-state index contributed by atoms with van der Waals surface area (Å²) in [5.74, 6) is 0. The Morgan fingerprint density at radius 1 is 0.760 bits per heavy atom. The van der Waals surface area contributed by atoms with Crippen LogP contribution in [0.1, 0.15) is 55.0 Å². The van der Waals surface area contributed by atoms with Crippen LogP contribution in [-0.2, 0) is 0 Å². The Labute approximate surface area is 177 Å². The van der Waals surface area contributed by atoms with Crippen LogP contribution in [0.3, 0.4) is 0 Å². The van der Waals surface area contributed by atoms with Crippen molar-refractivity contribution in [1.82, 2.24) is 0 Å². The number of hydrogen-bond donors (Lipinski definition) is 0. The highest BCUT2D eigenvalue weighted by Gasteiger charge is 2.44. The molecule has 4 rings (SSSR count). The predicted molar refractivity (Wildman–Crippen MR) is 126 cm³/mol. The van der Waals surface area contributed by atoms with Gasteiger partial charge >= 0.3 is 0 Å². The Morgan fingerprint density at radius 2 is 1.12 bits per heavy atom. The van der Waals surface area contributed by atoms with Crippen LogP contribution in [0, 0.1) is 13.8 Å². The molecule has 0 aliphatic heterocycles. The van der Waals surface area contributed by atoms with Crippen LogP contribution in [0.5, 0.6) is 0 Å². The highest BCUT2D eigenvalue weighted by Crippen LogP contribution is 2.74. The first-order chi connectivity index (χ1) is 11.6. The van der Waals surface area contributed by atoms with Crippen LogP contribution in [-0.4, -0.2) is 12.5 Å². The lowest BCUT2D eigenvalue weighted by Gasteiger charge is -2.45. The van der Waals surface area contributed by atoms with Gasteiger partial charge in [-0.25, -0.2) is 10.0 Å². The molecule has 2 aliphatic carbocycles. The largest absolute Gasteiger partial charge is 0.224 e. The van der Waals surface area contributed by atoms with E-state index in [9.17, 15) is 0 Å². The Kier molecular flexibility index (Phi) is 4.52. The maximum atomic E-state index is 3.82. The van der Waals surface area contributed by atoms with E-state index < -0.39 is 10.0 Å². The smallest absolute Gasteiger partial charge is 0.0456 e. The van der Waals surface area contributed by atoms with E-state index in [1.54, 1.807) is 9.75 Å². The van der Waals surface area contributed by atoms with Gasteiger partial charge in [-0.15, -0.1) is 22.7 Å². The highest BCUT2D eigenvalue weighted by molar-refractivity contribution is 9.11. The zero-order valence-corrected chi connectivity index (χ0v) is 20.9. The normalized spacial score (nSPS) is 22.7. The molecule has 2 aromatic rings. The fourth-order valence-corrected chi connectivity index (χ4v) is 13.5. The quantitative estimate of drug-likeness (QED) is 0.373. The lowest BCUT2D eigenvalue weighted by Crippen LogP contribution is -2.15. The van der Waals surface area contributed by atoms with Gasteiger partial charge in [-0.2, -0.15) is 0 Å². The average molecular weight is 518 g/mol. The van der Waals surface area contributed by atoms with E-state index in [1.807, 2.05) is 22.7 Å². The van der Waals surface area contributed by atoms with Gasteiger partial charge in [-0.3, -0.25) is 0 Å². The number of aryl methyl sites for hydroxylation is 2. The molecule has 0 bridgehead atoms. The standard InChI is InChI=1S/C20H22Br2S3/c1-9-7-13-15(21)11(3)23-17(13)19(9)25(5,6)20-10(2)8-14-16(22)12(4)24-18(14)20/h7-8,19-20H,1-6H3. The van der Waals surface area contributed by atoms with Gasteiger partial charge in [0.05, 0.1) is 0 Å². The molecule has 5 heteroatoms. The molecule has 2 heterocycles. The molecule has 0 saturated carbocycles. The molecular weight excluding hydrogens is 496 g/mol. The molecule has 0 N–H and O–H groups in total. The number of hydrogen-bond acceptors (Lipinski definition) is 2. The van der Waals surface area contributed by atoms with Crippen molar-refractivity contribution in [2.75, 3.05) is 12.5 Å². The molecule has 2 aromatic heterocycles. The molecule has 0 radical (unpaired) electrons. The van der Waals surface area contributed by atoms with Crippen molar-refractivity contribution < 1.29 is 0 Å². The maximum absolute atomic E-state index is 3.82. The summed E-state index contributed by atoms with van der Waals surface area (Å²) in [7, 11) is -0.928. The van der Waals surface area contributed by atoms with E-state index in [2.05, 4.69) is 84.2 Å². The van der Waals surface area contributed by atoms with Crippen molar-refractivity contribution in [2.45, 2.75) is 38.2 Å². The Balaban J connectivity index is 1.85. The van der Waals surface area contributed by atoms with Crippen LogP contribution in [0.4, 0.5) is 0 Å². The van der Waals surface area contributed by atoms with Gasteiger partial charge in [0.25, 0.3) is 0 Å². The fraction of sp³-hybridized carbons (Fsp3) is 0.400. The lowest BCUT2D eigenvalue weighted by molar-refractivity contribution is 1.09. The molecule has 0 fully saturated rings. The minimum absolute atomic E-state index is 0.568. The van der Waals surface area contributed by atoms with Gasteiger partial charge in [0, 0.05) is 50.1 Å². The summed E-state index contributed by atoms with van der Waals surface area (Å²) < 4.78 is 2.61. The second-order valence-electron chi connectivity index (χ2n) is 7.52. The van der Waals surface area contributed by atoms with E-state index >= 15 is 0 Å². The van der Waals surface area contributed by atoms with Crippen LogP contribution in [0.15, 0.2) is 20.1 Å². The molecule has 0 amide bonds. The molecule has 25 heavy (non-hydrogen) atoms. The van der Waals surface area contributed by atoms with Gasteiger partial charge in [0.15, 0.2) is 0 Å². The monoisotopic (exact) mass is 516 g/mol. The minimum Gasteiger partial charge on any atom is -0.224 e. The molecule has 0 nitrogen and oxygen atoms in total. The number of rotatable bonds is 2. The summed E-state index contributed by atoms with van der Waals surface area (Å²) in [5.41, 5.74) is 5.95. The third-order valence-corrected chi connectivity index (χ3v) is 14.3. The van der Waals surface area contributed by atoms with Gasteiger partial charge in [0.1, 0.15) is 0 Å². The van der Waals surface area contributed by atoms with Crippen molar-refractivity contribution in [3.8, 4) is 0 Å². The summed E-state index contributed by atoms with van der Waals surface area (Å²) in [4.78, 5) is 5.97. The van der Waals surface area contributed by atoms with Crippen molar-refractivity contribution in [1.29, 1.82) is 0 Å². The van der Waals surface area contributed by atoms with Crippen LogP contribution < -0.4 is 0 Å². The fourth-order valence-electron chi connectivity index (χ4n) is 4.45. The van der Waals surface area contributed by atoms with Crippen molar-refractivity contribution in [2.24, 2.45) is 0 Å². The second-order valence-corrected chi connectivity index (χ2v) is 15.5. The summed E-state index contributed by atoms with van der Waals surface area (Å²) in [5, 5.41) is 1.14. The van der Waals surface area contributed by atoms with Gasteiger partial charge in [-0.1, -0.05) is 23.3 Å². The molecule has 2 aliphatic rings. The van der Waals surface area contributed by atoms with Gasteiger partial charge in [0.2, 0.25) is 0 Å². The molecule has 0 saturated heterocycles. The van der Waals surface area contributed by atoms with E-state index in [4.69, 9.17) is 0 Å². The third kappa shape index (κ3) is 2.56. The van der Waals surface area contributed by atoms with Gasteiger partial charge in [-0.05, 0) is 72.1 Å². The Bertz CT molecular complexity index is 880. The van der Waals surface area contributed by atoms with E-state index in [0.717, 1.165) is 0 Å². The molecule has 2 atom stereocenters. The van der Waals surface area contributed by atoms with E-state index in [-0.39, 0.29) is 0 Å². The Morgan fingerprint density at radius 3 is 1.48 bits per heavy atom. The van der Waals surface area contributed by atoms with Crippen LogP contribution in [0.2, 0.25) is 0 Å². The summed E-state index contributed by atoms with van der Waals surface area (Å²) in [6, 6.07) is 0. The van der Waals surface area contributed by atoms with Crippen molar-refractivity contribution in [3.05, 3.63) is 50.7 Å². The molecular formula is C20H22Br2S3. The SMILES string of the molecule is CC1=Cc2c(sc(C)c2Br)C1S(C)(C)C1C(C)=Cc2c1sc(C)c2Br. The first-order valence-corrected chi connectivity index (χ1v) is 14.1. The maximum Gasteiger partial charge on any atom is 0.0456 e. The highest BCUT2D eigenvalue weighted by atomic mass is 79.9. The minimum atomic E-state index is -0.928. The predicted octanol–water partition coefficient (Wildman–Crippen LogP) is 8.63. The molecule has 2 unspecified atom stereocenters. The zero-order valence-electron chi connectivity index (χ0n) is 15.3. The van der Waals surface area contributed by atoms with Crippen molar-refractivity contribution >= 4 is 76.7 Å². The van der Waals surface area contributed by atoms with Crippen LogP contribution >= 0.6 is 64.6 Å². The number of thiophene rings is 2. The third-order valence-electron chi connectivity index (χ3n) is 5.41. The molecule has 0 spiro atoms. The first-order valence-electron chi connectivity index (χ1n) is 8.29. The first kappa shape index (κ1) is 18.5. The summed E-state index contributed by atoms with van der Waals surface area (Å²) >= 11 is 11.6. The average Bonchev–Trinajstić information content (AvgIpc) is 3.17. The van der Waals surface area contributed by atoms with Gasteiger partial charge < -0.3 is 0 Å². The molecule has 134 valence electrons.